The van der Waals surface area contributed by atoms with E-state index in [9.17, 15) is 47.3 Å². The average Bonchev–Trinajstić information content (AvgIpc) is 1.58. The molecule has 3 fully saturated rings. The number of hydrogen-bond donors (Lipinski definition) is 6. The smallest absolute Gasteiger partial charge is 0.354 e. The van der Waals surface area contributed by atoms with Gasteiger partial charge in [-0.15, -0.1) is 0 Å². The van der Waals surface area contributed by atoms with E-state index in [0.717, 1.165) is 127 Å². The number of rotatable bonds is 12. The molecule has 3 saturated heterocycles. The molecule has 0 aliphatic carbocycles. The van der Waals surface area contributed by atoms with E-state index in [1.807, 2.05) is 28.8 Å². The molecule has 0 spiro atoms. The number of carboxylic acid groups (broad SMARTS) is 3. The molecular weight excluding hydrogens is 1350 g/mol. The third kappa shape index (κ3) is 12.5. The van der Waals surface area contributed by atoms with Crippen molar-refractivity contribution in [3.8, 4) is 50.4 Å². The lowest BCUT2D eigenvalue weighted by molar-refractivity contribution is 0.0679. The van der Waals surface area contributed by atoms with Gasteiger partial charge >= 0.3 is 17.9 Å². The van der Waals surface area contributed by atoms with Crippen LogP contribution in [-0.4, -0.2) is 122 Å². The van der Waals surface area contributed by atoms with Crippen LogP contribution < -0.4 is 0 Å². The van der Waals surface area contributed by atoms with Gasteiger partial charge in [0, 0.05) is 152 Å². The third-order valence-corrected chi connectivity index (χ3v) is 20.3. The molecule has 3 aliphatic rings. The van der Waals surface area contributed by atoms with Crippen molar-refractivity contribution < 1.29 is 65.9 Å². The Bertz CT molecular complexity index is 5860. The molecule has 0 saturated carbocycles. The molecule has 3 aliphatic heterocycles. The molecule has 7 aromatic heterocycles. The summed E-state index contributed by atoms with van der Waals surface area (Å²) in [6, 6.07) is 41.6. The first-order chi connectivity index (χ1) is 51.0. The van der Waals surface area contributed by atoms with E-state index < -0.39 is 29.5 Å². The number of carbonyl (C=O) groups is 3. The predicted molar refractivity (Wildman–Crippen MR) is 387 cm³/mol. The van der Waals surface area contributed by atoms with E-state index >= 15 is 4.39 Å². The Morgan fingerprint density at radius 1 is 0.438 bits per heavy atom. The Morgan fingerprint density at radius 3 is 1.32 bits per heavy atom. The van der Waals surface area contributed by atoms with Crippen molar-refractivity contribution >= 4 is 83.3 Å². The molecule has 0 unspecified atom stereocenters. The van der Waals surface area contributed by atoms with Crippen LogP contribution in [0.15, 0.2) is 176 Å². The summed E-state index contributed by atoms with van der Waals surface area (Å²) < 4.78 is 95.2. The van der Waals surface area contributed by atoms with Gasteiger partial charge in [0.2, 0.25) is 0 Å². The molecule has 8 aromatic carbocycles. The molecule has 18 rings (SSSR count). The maximum atomic E-state index is 16.1. The van der Waals surface area contributed by atoms with E-state index in [0.29, 0.717) is 89.4 Å². The van der Waals surface area contributed by atoms with Crippen LogP contribution in [0.2, 0.25) is 0 Å². The van der Waals surface area contributed by atoms with Crippen LogP contribution in [0.25, 0.3) is 116 Å². The zero-order valence-electron chi connectivity index (χ0n) is 56.3. The number of pyridine rings is 1. The Morgan fingerprint density at radius 2 is 0.867 bits per heavy atom. The number of aryl methyl sites for hydroxylation is 1. The molecule has 15 aromatic rings. The average molecular weight is 1420 g/mol. The predicted octanol–water partition coefficient (Wildman–Crippen LogP) is 17.7. The third-order valence-electron chi connectivity index (χ3n) is 20.3. The normalized spacial score (nSPS) is 14.7. The summed E-state index contributed by atoms with van der Waals surface area (Å²) in [4.78, 5) is 39.1. The Kier molecular flexibility index (Phi) is 17.9. The van der Waals surface area contributed by atoms with Crippen molar-refractivity contribution in [1.82, 2.24) is 49.3 Å². The van der Waals surface area contributed by atoms with E-state index in [1.54, 1.807) is 86.3 Å². The number of ether oxygens (including phenoxy) is 3. The quantitative estimate of drug-likeness (QED) is 0.0623. The number of nitrogens with zero attached hydrogens (tertiary/aromatic N) is 7. The van der Waals surface area contributed by atoms with Crippen LogP contribution in [0.5, 0.6) is 0 Å². The van der Waals surface area contributed by atoms with E-state index in [4.69, 9.17) is 14.2 Å². The summed E-state index contributed by atoms with van der Waals surface area (Å²) in [5.74, 6) is -5.23. The van der Waals surface area contributed by atoms with E-state index in [-0.39, 0.29) is 52.0 Å². The van der Waals surface area contributed by atoms with Gasteiger partial charge in [0.05, 0.1) is 57.3 Å². The maximum Gasteiger partial charge on any atom is 0.354 e. The summed E-state index contributed by atoms with van der Waals surface area (Å²) >= 11 is 0. The minimum atomic E-state index is -1.32. The summed E-state index contributed by atoms with van der Waals surface area (Å²) in [6.45, 7) is 5.46. The number of carboxylic acids is 3. The lowest BCUT2D eigenvalue weighted by Crippen LogP contribution is -2.17. The van der Waals surface area contributed by atoms with Gasteiger partial charge in [0.1, 0.15) is 28.8 Å². The molecule has 6 N–H and O–H groups in total. The van der Waals surface area contributed by atoms with Crippen molar-refractivity contribution in [3.63, 3.8) is 0 Å². The summed E-state index contributed by atoms with van der Waals surface area (Å²) in [6.07, 6.45) is 11.5. The van der Waals surface area contributed by atoms with Crippen LogP contribution in [0, 0.1) is 36.0 Å². The molecular formula is C81H65F5N10O9. The Hall–Kier alpha value is -12.1. The number of aromatic amines is 3. The van der Waals surface area contributed by atoms with Crippen LogP contribution in [0.1, 0.15) is 110 Å². The highest BCUT2D eigenvalue weighted by Gasteiger charge is 2.34. The second-order valence-corrected chi connectivity index (χ2v) is 26.5. The van der Waals surface area contributed by atoms with Crippen molar-refractivity contribution in [2.75, 3.05) is 39.6 Å². The Balaban J connectivity index is 0.000000121. The van der Waals surface area contributed by atoms with Gasteiger partial charge in [-0.25, -0.2) is 41.3 Å². The monoisotopic (exact) mass is 1420 g/mol. The van der Waals surface area contributed by atoms with Crippen LogP contribution >= 0.6 is 0 Å². The first kappa shape index (κ1) is 67.4. The molecule has 0 radical (unpaired) electrons. The largest absolute Gasteiger partial charge is 0.478 e. The molecule has 0 amide bonds. The van der Waals surface area contributed by atoms with Gasteiger partial charge in [-0.05, 0) is 196 Å². The van der Waals surface area contributed by atoms with Crippen molar-refractivity contribution in [1.29, 1.82) is 0 Å². The number of hydrogen-bond acceptors (Lipinski definition) is 10. The molecule has 0 bridgehead atoms. The summed E-state index contributed by atoms with van der Waals surface area (Å²) in [5, 5.41) is 54.4. The zero-order valence-corrected chi connectivity index (χ0v) is 56.3. The number of aromatic carboxylic acids is 3. The second kappa shape index (κ2) is 27.9. The maximum absolute atomic E-state index is 16.1. The number of aromatic nitrogens is 10. The SMILES string of the molecule is Cc1cc(-c2c(C3CCOCC3)n(-c3ccc(F)cc3)c3cc4cn[nH]c4cc23)cnc1C(=O)O.O=C(O)c1cc(-c2c(C3CCOCC3)n(-c3ccc(F)cc3)c3cc4cn[nH]c4cc23)ccc1F.O=C(O)c1ccc(-c2c(C3CCOCC3)n(-c3ccc(F)cc3)c3cc4cn[nH]c4c(F)c23)cc1. The zero-order chi connectivity index (χ0) is 72.3. The molecule has 105 heavy (non-hydrogen) atoms. The van der Waals surface area contributed by atoms with Gasteiger partial charge in [-0.1, -0.05) is 18.2 Å². The highest BCUT2D eigenvalue weighted by atomic mass is 19.1. The fourth-order valence-corrected chi connectivity index (χ4v) is 15.4. The Labute approximate surface area is 594 Å². The standard InChI is InChI=1S/2C27H21F2N3O3.C27H23FN4O3/c28-18-2-4-19(5-3-18)32-24-12-17-14-30-31-23(17)13-21(24)25(26(32)15-7-9-35-10-8-15)16-1-6-22(29)20(11-16)27(33)34;28-19-5-7-20(8-6-19)32-21-13-18-14-30-31-25(18)24(29)23(21)22(26(32)16-9-11-35-12-10-16)15-1-3-17(4-2-15)27(33)34;1-15-10-18(13-29-25(15)27(33)34)24-21-12-22-17(14-30-31-22)11-23(21)32(20-4-2-19(28)3-5-20)26(24)16-6-8-35-9-7-16/h1-6,11-15H,7-10H2,(H,30,31)(H,33,34);1-8,13-14,16H,9-12H2,(H,30,31)(H,33,34);2-5,10-14,16H,6-9H2,1H3,(H,30,31)(H,33,34). The highest BCUT2D eigenvalue weighted by Crippen LogP contribution is 2.49. The fraction of sp³-hybridized carbons (Fsp3) is 0.198. The topological polar surface area (TPSA) is 253 Å². The van der Waals surface area contributed by atoms with Crippen LogP contribution in [0.4, 0.5) is 22.0 Å². The number of fused-ring (bicyclic) bond motifs is 6. The van der Waals surface area contributed by atoms with Crippen LogP contribution in [-0.2, 0) is 14.2 Å². The minimum absolute atomic E-state index is 0.0413. The van der Waals surface area contributed by atoms with Gasteiger partial charge in [-0.2, -0.15) is 15.3 Å². The fourth-order valence-electron chi connectivity index (χ4n) is 15.4. The summed E-state index contributed by atoms with van der Waals surface area (Å²) in [7, 11) is 0. The lowest BCUT2D eigenvalue weighted by atomic mass is 9.89. The van der Waals surface area contributed by atoms with Crippen molar-refractivity contribution in [2.24, 2.45) is 0 Å². The van der Waals surface area contributed by atoms with Gasteiger partial charge in [-0.3, -0.25) is 15.3 Å². The highest BCUT2D eigenvalue weighted by molar-refractivity contribution is 6.09. The minimum Gasteiger partial charge on any atom is -0.478 e. The molecule has 0 atom stereocenters. The second-order valence-electron chi connectivity index (χ2n) is 26.5. The number of halogens is 5. The summed E-state index contributed by atoms with van der Waals surface area (Å²) in [5.41, 5.74) is 14.9. The molecule has 528 valence electrons. The first-order valence-corrected chi connectivity index (χ1v) is 34.4. The van der Waals surface area contributed by atoms with Gasteiger partial charge in [0.25, 0.3) is 0 Å². The molecule has 19 nitrogen and oxygen atoms in total. The first-order valence-electron chi connectivity index (χ1n) is 34.4. The van der Waals surface area contributed by atoms with Gasteiger partial charge < -0.3 is 43.2 Å². The number of nitrogens with one attached hydrogen (secondary N) is 3. The van der Waals surface area contributed by atoms with Gasteiger partial charge in [0.15, 0.2) is 11.5 Å². The van der Waals surface area contributed by atoms with Crippen molar-refractivity contribution in [3.05, 3.63) is 245 Å². The molecule has 24 heteroatoms. The number of H-pyrrole nitrogens is 3. The number of benzene rings is 8. The van der Waals surface area contributed by atoms with Crippen LogP contribution in [0.3, 0.4) is 0 Å². The van der Waals surface area contributed by atoms with Crippen molar-refractivity contribution in [2.45, 2.75) is 63.2 Å². The lowest BCUT2D eigenvalue weighted by Gasteiger charge is -2.26. The van der Waals surface area contributed by atoms with E-state index in [1.165, 1.54) is 60.7 Å². The van der Waals surface area contributed by atoms with E-state index in [2.05, 4.69) is 56.8 Å². The molecule has 10 heterocycles.